The summed E-state index contributed by atoms with van der Waals surface area (Å²) in [5.41, 5.74) is -0.761. The number of aliphatic hydroxyl groups is 1. The van der Waals surface area contributed by atoms with Crippen LogP contribution in [0.2, 0.25) is 0 Å². The van der Waals surface area contributed by atoms with Gasteiger partial charge in [0.2, 0.25) is 0 Å². The Morgan fingerprint density at radius 3 is 2.45 bits per heavy atom. The third kappa shape index (κ3) is 2.87. The lowest BCUT2D eigenvalue weighted by Gasteiger charge is -2.25. The second kappa shape index (κ2) is 4.32. The van der Waals surface area contributed by atoms with E-state index in [-0.39, 0.29) is 19.1 Å². The van der Waals surface area contributed by atoms with Crippen molar-refractivity contribution in [1.29, 1.82) is 5.26 Å². The molecule has 0 aromatic rings. The molecule has 0 aliphatic carbocycles. The van der Waals surface area contributed by atoms with E-state index in [0.717, 1.165) is 0 Å². The second-order valence-electron chi connectivity index (χ2n) is 2.95. The summed E-state index contributed by atoms with van der Waals surface area (Å²) >= 11 is 0. The van der Waals surface area contributed by atoms with E-state index in [9.17, 15) is 0 Å². The molecule has 0 spiro atoms. The number of rotatable bonds is 4. The predicted molar refractivity (Wildman–Crippen MR) is 41.9 cm³/mol. The van der Waals surface area contributed by atoms with E-state index < -0.39 is 5.60 Å². The van der Waals surface area contributed by atoms with Crippen LogP contribution in [0, 0.1) is 17.2 Å². The van der Waals surface area contributed by atoms with Gasteiger partial charge in [0.15, 0.2) is 5.60 Å². The Kier molecular flexibility index (Phi) is 4.09. The average Bonchev–Trinajstić information content (AvgIpc) is 2.00. The van der Waals surface area contributed by atoms with Crippen molar-refractivity contribution < 1.29 is 9.84 Å². The highest BCUT2D eigenvalue weighted by Crippen LogP contribution is 2.19. The van der Waals surface area contributed by atoms with Gasteiger partial charge in [-0.1, -0.05) is 13.8 Å². The first-order valence-corrected chi connectivity index (χ1v) is 3.73. The molecule has 0 bridgehead atoms. The molecule has 0 fully saturated rings. The van der Waals surface area contributed by atoms with E-state index in [2.05, 4.69) is 6.07 Å². The average molecular weight is 157 g/mol. The Morgan fingerprint density at radius 2 is 2.18 bits per heavy atom. The molecule has 0 aromatic heterocycles. The molecule has 1 atom stereocenters. The molecule has 3 nitrogen and oxygen atoms in total. The quantitative estimate of drug-likeness (QED) is 0.660. The summed E-state index contributed by atoms with van der Waals surface area (Å²) in [6.45, 7) is 5.75. The minimum absolute atomic E-state index is 0.0377. The van der Waals surface area contributed by atoms with Gasteiger partial charge in [0.1, 0.15) is 0 Å². The maximum Gasteiger partial charge on any atom is 0.153 e. The van der Waals surface area contributed by atoms with Gasteiger partial charge in [0.05, 0.1) is 19.3 Å². The number of ether oxygens (including phenoxy) is 1. The fraction of sp³-hybridized carbons (Fsp3) is 0.875. The highest BCUT2D eigenvalue weighted by molar-refractivity contribution is 5.00. The number of nitrogens with zero attached hydrogens (tertiary/aromatic N) is 1. The summed E-state index contributed by atoms with van der Waals surface area (Å²) in [6.07, 6.45) is 0. The van der Waals surface area contributed by atoms with E-state index in [1.165, 1.54) is 0 Å². The van der Waals surface area contributed by atoms with Crippen molar-refractivity contribution in [2.45, 2.75) is 26.4 Å². The number of nitriles is 1. The van der Waals surface area contributed by atoms with Gasteiger partial charge >= 0.3 is 0 Å². The van der Waals surface area contributed by atoms with Crippen LogP contribution in [0.3, 0.4) is 0 Å². The van der Waals surface area contributed by atoms with Crippen molar-refractivity contribution in [2.24, 2.45) is 5.92 Å². The molecule has 0 aliphatic rings. The molecular weight excluding hydrogens is 142 g/mol. The summed E-state index contributed by atoms with van der Waals surface area (Å²) in [5.74, 6) is 0.138. The Bertz CT molecular complexity index is 151. The molecule has 1 N–H and O–H groups in total. The maximum absolute atomic E-state index is 8.73. The van der Waals surface area contributed by atoms with Crippen molar-refractivity contribution in [1.82, 2.24) is 0 Å². The predicted octanol–water partition coefficient (Wildman–Crippen LogP) is 0.934. The molecule has 11 heavy (non-hydrogen) atoms. The van der Waals surface area contributed by atoms with Crippen LogP contribution >= 0.6 is 0 Å². The molecule has 64 valence electrons. The third-order valence-corrected chi connectivity index (χ3v) is 1.82. The molecule has 0 saturated carbocycles. The molecule has 0 radical (unpaired) electrons. The highest BCUT2D eigenvalue weighted by Gasteiger charge is 2.28. The summed E-state index contributed by atoms with van der Waals surface area (Å²) in [6, 6.07) is 2.08. The van der Waals surface area contributed by atoms with Crippen molar-refractivity contribution in [3.8, 4) is 6.07 Å². The van der Waals surface area contributed by atoms with Gasteiger partial charge in [0, 0.05) is 0 Å². The van der Waals surface area contributed by atoms with Crippen LogP contribution in [0.1, 0.15) is 20.8 Å². The maximum atomic E-state index is 8.73. The van der Waals surface area contributed by atoms with Crippen molar-refractivity contribution in [3.05, 3.63) is 0 Å². The molecule has 0 aromatic carbocycles. The van der Waals surface area contributed by atoms with Crippen LogP contribution < -0.4 is 0 Å². The molecule has 0 heterocycles. The van der Waals surface area contributed by atoms with Gasteiger partial charge < -0.3 is 9.84 Å². The fourth-order valence-corrected chi connectivity index (χ4v) is 0.586. The van der Waals surface area contributed by atoms with Crippen LogP contribution in [0.4, 0.5) is 0 Å². The summed E-state index contributed by atoms with van der Waals surface area (Å²) < 4.78 is 5.18. The first-order chi connectivity index (χ1) is 5.06. The Labute approximate surface area is 67.6 Å². The fourth-order valence-electron chi connectivity index (χ4n) is 0.586. The first-order valence-electron chi connectivity index (χ1n) is 3.73. The third-order valence-electron chi connectivity index (χ3n) is 1.82. The van der Waals surface area contributed by atoms with Crippen LogP contribution in [-0.2, 0) is 4.74 Å². The number of hydrogen-bond acceptors (Lipinski definition) is 3. The van der Waals surface area contributed by atoms with E-state index in [0.29, 0.717) is 0 Å². The zero-order chi connectivity index (χ0) is 8.91. The van der Waals surface area contributed by atoms with E-state index >= 15 is 0 Å². The van der Waals surface area contributed by atoms with E-state index in [1.54, 1.807) is 6.92 Å². The lowest BCUT2D eigenvalue weighted by molar-refractivity contribution is -0.0355. The zero-order valence-corrected chi connectivity index (χ0v) is 7.29. The summed E-state index contributed by atoms with van der Waals surface area (Å²) in [5, 5.41) is 17.2. The van der Waals surface area contributed by atoms with E-state index in [1.807, 2.05) is 13.8 Å². The van der Waals surface area contributed by atoms with Crippen LogP contribution in [0.25, 0.3) is 0 Å². The second-order valence-corrected chi connectivity index (χ2v) is 2.95. The smallest absolute Gasteiger partial charge is 0.153 e. The Morgan fingerprint density at radius 1 is 1.64 bits per heavy atom. The molecule has 3 heteroatoms. The lowest BCUT2D eigenvalue weighted by Crippen LogP contribution is -2.34. The summed E-state index contributed by atoms with van der Waals surface area (Å²) in [4.78, 5) is 0. The normalized spacial score (nSPS) is 16.0. The first kappa shape index (κ1) is 10.4. The van der Waals surface area contributed by atoms with Gasteiger partial charge in [-0.25, -0.2) is 0 Å². The van der Waals surface area contributed by atoms with Crippen molar-refractivity contribution in [3.63, 3.8) is 0 Å². The molecule has 0 amide bonds. The lowest BCUT2D eigenvalue weighted by atomic mass is 9.94. The molecule has 0 rings (SSSR count). The SMILES string of the molecule is CC(C)C(C)(C#N)OCCO. The van der Waals surface area contributed by atoms with Crippen LogP contribution in [0.15, 0.2) is 0 Å². The molecule has 1 unspecified atom stereocenters. The minimum Gasteiger partial charge on any atom is -0.394 e. The Hall–Kier alpha value is -0.590. The minimum atomic E-state index is -0.761. The summed E-state index contributed by atoms with van der Waals surface area (Å²) in [7, 11) is 0. The van der Waals surface area contributed by atoms with Crippen molar-refractivity contribution in [2.75, 3.05) is 13.2 Å². The number of aliphatic hydroxyl groups excluding tert-OH is 1. The number of hydrogen-bond donors (Lipinski definition) is 1. The van der Waals surface area contributed by atoms with Crippen LogP contribution in [0.5, 0.6) is 0 Å². The van der Waals surface area contributed by atoms with Gasteiger partial charge in [-0.15, -0.1) is 0 Å². The van der Waals surface area contributed by atoms with E-state index in [4.69, 9.17) is 15.1 Å². The van der Waals surface area contributed by atoms with Gasteiger partial charge in [-0.3, -0.25) is 0 Å². The zero-order valence-electron chi connectivity index (χ0n) is 7.29. The monoisotopic (exact) mass is 157 g/mol. The molecular formula is C8H15NO2. The highest BCUT2D eigenvalue weighted by atomic mass is 16.5. The Balaban J connectivity index is 4.03. The topological polar surface area (TPSA) is 53.2 Å². The van der Waals surface area contributed by atoms with Gasteiger partial charge in [-0.2, -0.15) is 5.26 Å². The van der Waals surface area contributed by atoms with Crippen LogP contribution in [-0.4, -0.2) is 23.9 Å². The molecule has 0 saturated heterocycles. The standard InChI is InChI=1S/C8H15NO2/c1-7(2)8(3,6-9)11-5-4-10/h7,10H,4-5H2,1-3H3. The van der Waals surface area contributed by atoms with Gasteiger partial charge in [-0.05, 0) is 12.8 Å². The largest absolute Gasteiger partial charge is 0.394 e. The van der Waals surface area contributed by atoms with Gasteiger partial charge in [0.25, 0.3) is 0 Å². The molecule has 0 aliphatic heterocycles. The van der Waals surface area contributed by atoms with Crippen molar-refractivity contribution >= 4 is 0 Å².